The smallest absolute Gasteiger partial charge is 0.306 e. The molecule has 25 heavy (non-hydrogen) atoms. The molecule has 130 valence electrons. The Balaban J connectivity index is 2.15. The molecule has 1 aliphatic rings. The standard InChI is InChI=1S/C18H15ClFNO3S/c1-9-11(3-2-4-13(9)20)17-12-7-10(19)5-6-14(12)21-18(25)15(24-17)8-16(22)23/h2-7,15,17H,8H2,1H3,(H,21,25)(H,22,23)/t15-,17-/m1/s1. The zero-order valence-electron chi connectivity index (χ0n) is 13.3. The molecule has 0 saturated carbocycles. The van der Waals surface area contributed by atoms with Crippen molar-refractivity contribution in [3.63, 3.8) is 0 Å². The second-order valence-electron chi connectivity index (χ2n) is 5.78. The fourth-order valence-electron chi connectivity index (χ4n) is 2.83. The zero-order chi connectivity index (χ0) is 18.1. The molecule has 2 N–H and O–H groups in total. The largest absolute Gasteiger partial charge is 0.481 e. The number of halogens is 2. The molecule has 0 unspecified atom stereocenters. The minimum absolute atomic E-state index is 0.266. The number of nitrogens with one attached hydrogen (secondary N) is 1. The maximum absolute atomic E-state index is 14.1. The van der Waals surface area contributed by atoms with Gasteiger partial charge in [0.2, 0.25) is 0 Å². The lowest BCUT2D eigenvalue weighted by Crippen LogP contribution is -2.30. The third-order valence-electron chi connectivity index (χ3n) is 4.10. The van der Waals surface area contributed by atoms with Crippen molar-refractivity contribution in [2.45, 2.75) is 25.6 Å². The monoisotopic (exact) mass is 379 g/mol. The van der Waals surface area contributed by atoms with E-state index in [4.69, 9.17) is 33.7 Å². The molecule has 2 aromatic carbocycles. The summed E-state index contributed by atoms with van der Waals surface area (Å²) < 4.78 is 20.1. The molecule has 2 aromatic rings. The normalized spacial score (nSPS) is 19.7. The number of carboxylic acids is 1. The topological polar surface area (TPSA) is 58.6 Å². The van der Waals surface area contributed by atoms with Crippen LogP contribution in [-0.2, 0) is 9.53 Å². The van der Waals surface area contributed by atoms with Crippen LogP contribution in [0.15, 0.2) is 36.4 Å². The van der Waals surface area contributed by atoms with E-state index in [-0.39, 0.29) is 17.2 Å². The molecule has 3 rings (SSSR count). The summed E-state index contributed by atoms with van der Waals surface area (Å²) in [5, 5.41) is 12.7. The fraction of sp³-hybridized carbons (Fsp3) is 0.222. The first-order chi connectivity index (χ1) is 11.9. The summed E-state index contributed by atoms with van der Waals surface area (Å²) in [7, 11) is 0. The average molecular weight is 380 g/mol. The quantitative estimate of drug-likeness (QED) is 0.769. The molecule has 1 heterocycles. The van der Waals surface area contributed by atoms with Crippen LogP contribution >= 0.6 is 23.8 Å². The Kier molecular flexibility index (Phi) is 5.03. The van der Waals surface area contributed by atoms with Gasteiger partial charge in [-0.3, -0.25) is 4.79 Å². The summed E-state index contributed by atoms with van der Waals surface area (Å²) in [6.45, 7) is 1.65. The van der Waals surface area contributed by atoms with Crippen LogP contribution in [0.25, 0.3) is 0 Å². The van der Waals surface area contributed by atoms with Gasteiger partial charge in [-0.1, -0.05) is 36.0 Å². The Labute approximate surface area is 154 Å². The van der Waals surface area contributed by atoms with E-state index in [2.05, 4.69) is 5.32 Å². The Morgan fingerprint density at radius 3 is 2.84 bits per heavy atom. The van der Waals surface area contributed by atoms with E-state index < -0.39 is 18.2 Å². The lowest BCUT2D eigenvalue weighted by atomic mass is 9.96. The van der Waals surface area contributed by atoms with Crippen LogP contribution in [-0.4, -0.2) is 22.2 Å². The van der Waals surface area contributed by atoms with Gasteiger partial charge in [-0.15, -0.1) is 0 Å². The molecule has 0 radical (unpaired) electrons. The second-order valence-corrected chi connectivity index (χ2v) is 6.65. The maximum atomic E-state index is 14.1. The highest BCUT2D eigenvalue weighted by Gasteiger charge is 2.32. The molecule has 2 atom stereocenters. The Morgan fingerprint density at radius 2 is 2.12 bits per heavy atom. The third kappa shape index (κ3) is 3.66. The minimum Gasteiger partial charge on any atom is -0.481 e. The minimum atomic E-state index is -1.03. The number of benzene rings is 2. The molecule has 0 fully saturated rings. The summed E-state index contributed by atoms with van der Waals surface area (Å²) in [6, 6.07) is 9.87. The number of fused-ring (bicyclic) bond motifs is 1. The number of thiocarbonyl (C=S) groups is 1. The van der Waals surface area contributed by atoms with Crippen molar-refractivity contribution >= 4 is 40.5 Å². The highest BCUT2D eigenvalue weighted by molar-refractivity contribution is 7.80. The predicted molar refractivity (Wildman–Crippen MR) is 97.8 cm³/mol. The molecule has 1 aliphatic heterocycles. The van der Waals surface area contributed by atoms with Gasteiger partial charge >= 0.3 is 5.97 Å². The Bertz CT molecular complexity index is 858. The summed E-state index contributed by atoms with van der Waals surface area (Å²) in [4.78, 5) is 11.4. The van der Waals surface area contributed by atoms with E-state index in [1.165, 1.54) is 6.07 Å². The molecule has 4 nitrogen and oxygen atoms in total. The van der Waals surface area contributed by atoms with Crippen molar-refractivity contribution in [1.82, 2.24) is 0 Å². The number of carbonyl (C=O) groups is 1. The van der Waals surface area contributed by atoms with E-state index in [0.717, 1.165) is 0 Å². The SMILES string of the molecule is Cc1c(F)cccc1[C@H]1O[C@H](CC(=O)O)C(=S)Nc2ccc(Cl)cc21. The number of rotatable bonds is 3. The molecule has 0 amide bonds. The summed E-state index contributed by atoms with van der Waals surface area (Å²) in [5.74, 6) is -1.40. The van der Waals surface area contributed by atoms with E-state index in [0.29, 0.717) is 27.4 Å². The first-order valence-electron chi connectivity index (χ1n) is 7.59. The third-order valence-corrected chi connectivity index (χ3v) is 4.70. The van der Waals surface area contributed by atoms with Gasteiger partial charge in [0.1, 0.15) is 23.0 Å². The van der Waals surface area contributed by atoms with E-state index in [1.54, 1.807) is 37.3 Å². The lowest BCUT2D eigenvalue weighted by Gasteiger charge is -2.23. The van der Waals surface area contributed by atoms with Crippen LogP contribution in [0.4, 0.5) is 10.1 Å². The van der Waals surface area contributed by atoms with Crippen molar-refractivity contribution in [2.75, 3.05) is 5.32 Å². The van der Waals surface area contributed by atoms with Gasteiger partial charge in [-0.25, -0.2) is 4.39 Å². The molecule has 0 aromatic heterocycles. The number of ether oxygens (including phenoxy) is 1. The van der Waals surface area contributed by atoms with E-state index in [1.807, 2.05) is 0 Å². The van der Waals surface area contributed by atoms with Crippen molar-refractivity contribution in [2.24, 2.45) is 0 Å². The second kappa shape index (κ2) is 7.07. The van der Waals surface area contributed by atoms with Crippen LogP contribution < -0.4 is 5.32 Å². The summed E-state index contributed by atoms with van der Waals surface area (Å²) in [6.07, 6.45) is -1.83. The van der Waals surface area contributed by atoms with Gasteiger partial charge in [0, 0.05) is 16.3 Å². The molecule has 0 bridgehead atoms. The molecular formula is C18H15ClFNO3S. The van der Waals surface area contributed by atoms with Gasteiger partial charge in [0.05, 0.1) is 6.42 Å². The van der Waals surface area contributed by atoms with Crippen molar-refractivity contribution < 1.29 is 19.0 Å². The summed E-state index contributed by atoms with van der Waals surface area (Å²) in [5.41, 5.74) is 2.37. The Morgan fingerprint density at radius 1 is 1.36 bits per heavy atom. The van der Waals surface area contributed by atoms with E-state index >= 15 is 0 Å². The molecule has 0 saturated heterocycles. The van der Waals surface area contributed by atoms with Crippen LogP contribution in [0.3, 0.4) is 0 Å². The first-order valence-corrected chi connectivity index (χ1v) is 8.38. The average Bonchev–Trinajstić information content (AvgIpc) is 2.67. The lowest BCUT2D eigenvalue weighted by molar-refractivity contribution is -0.139. The van der Waals surface area contributed by atoms with Crippen molar-refractivity contribution in [1.29, 1.82) is 0 Å². The van der Waals surface area contributed by atoms with Crippen molar-refractivity contribution in [3.8, 4) is 0 Å². The van der Waals surface area contributed by atoms with Crippen LogP contribution in [0.1, 0.15) is 29.2 Å². The van der Waals surface area contributed by atoms with Crippen LogP contribution in [0, 0.1) is 12.7 Å². The fourth-order valence-corrected chi connectivity index (χ4v) is 3.25. The molecule has 0 aliphatic carbocycles. The molecule has 7 heteroatoms. The number of hydrogen-bond acceptors (Lipinski definition) is 3. The zero-order valence-corrected chi connectivity index (χ0v) is 14.8. The van der Waals surface area contributed by atoms with Gasteiger partial charge in [-0.2, -0.15) is 0 Å². The summed E-state index contributed by atoms with van der Waals surface area (Å²) >= 11 is 11.4. The molecular weight excluding hydrogens is 365 g/mol. The predicted octanol–water partition coefficient (Wildman–Crippen LogP) is 4.49. The van der Waals surface area contributed by atoms with Gasteiger partial charge in [-0.05, 0) is 42.3 Å². The highest BCUT2D eigenvalue weighted by Crippen LogP contribution is 2.39. The van der Waals surface area contributed by atoms with Crippen LogP contribution in [0.2, 0.25) is 5.02 Å². The Hall–Kier alpha value is -2.02. The number of anilines is 1. The first kappa shape index (κ1) is 17.8. The highest BCUT2D eigenvalue weighted by atomic mass is 35.5. The number of carboxylic acid groups (broad SMARTS) is 1. The maximum Gasteiger partial charge on any atom is 0.306 e. The van der Waals surface area contributed by atoms with Crippen molar-refractivity contribution in [3.05, 3.63) is 63.9 Å². The molecule has 0 spiro atoms. The van der Waals surface area contributed by atoms with Crippen LogP contribution in [0.5, 0.6) is 0 Å². The number of aliphatic carboxylic acids is 1. The van der Waals surface area contributed by atoms with E-state index in [9.17, 15) is 9.18 Å². The van der Waals surface area contributed by atoms with Gasteiger partial charge < -0.3 is 15.2 Å². The van der Waals surface area contributed by atoms with Gasteiger partial charge in [0.15, 0.2) is 0 Å². The van der Waals surface area contributed by atoms with Gasteiger partial charge in [0.25, 0.3) is 0 Å². The number of hydrogen-bond donors (Lipinski definition) is 2.